The maximum atomic E-state index is 13.4. The lowest BCUT2D eigenvalue weighted by atomic mass is 10.1. The number of ether oxygens (including phenoxy) is 1. The van der Waals surface area contributed by atoms with Crippen LogP contribution in [0, 0.1) is 0 Å². The Morgan fingerprint density at radius 2 is 1.36 bits per heavy atom. The third kappa shape index (κ3) is 6.46. The molecule has 0 N–H and O–H groups in total. The minimum Gasteiger partial charge on any atom is -0.489 e. The Bertz CT molecular complexity index is 1260. The molecule has 0 heterocycles. The average molecular weight is 510 g/mol. The van der Waals surface area contributed by atoms with E-state index in [9.17, 15) is 18.0 Å². The van der Waals surface area contributed by atoms with E-state index in [1.807, 2.05) is 48.5 Å². The van der Waals surface area contributed by atoms with Gasteiger partial charge in [-0.05, 0) is 53.1 Å². The first-order chi connectivity index (χ1) is 17.3. The first-order valence-electron chi connectivity index (χ1n) is 11.2. The monoisotopic (exact) mass is 509 g/mol. The van der Waals surface area contributed by atoms with E-state index < -0.39 is 23.0 Å². The van der Waals surface area contributed by atoms with Crippen LogP contribution in [0.4, 0.5) is 18.9 Å². The Hall–Kier alpha value is -3.77. The molecule has 4 aromatic rings. The smallest absolute Gasteiger partial charge is 0.416 e. The molecule has 4 rings (SSSR count). The molecule has 0 saturated carbocycles. The lowest BCUT2D eigenvalue weighted by molar-refractivity contribution is -0.137. The number of alkyl halides is 4. The van der Waals surface area contributed by atoms with E-state index in [2.05, 4.69) is 0 Å². The van der Waals surface area contributed by atoms with E-state index in [4.69, 9.17) is 16.3 Å². The van der Waals surface area contributed by atoms with Gasteiger partial charge in [-0.3, -0.25) is 4.79 Å². The van der Waals surface area contributed by atoms with Crippen LogP contribution in [0.15, 0.2) is 109 Å². The van der Waals surface area contributed by atoms with Gasteiger partial charge in [0.15, 0.2) is 0 Å². The summed E-state index contributed by atoms with van der Waals surface area (Å²) in [5, 5.41) is -0.998. The highest BCUT2D eigenvalue weighted by atomic mass is 35.5. The SMILES string of the molecule is O=C(C(Cl)c1ccccc1)N(Cc1ccc(OCc2ccccc2)cc1)c1ccc(C(F)(F)F)cc1. The van der Waals surface area contributed by atoms with Crippen molar-refractivity contribution in [3.63, 3.8) is 0 Å². The van der Waals surface area contributed by atoms with E-state index in [0.29, 0.717) is 23.6 Å². The lowest BCUT2D eigenvalue weighted by Crippen LogP contribution is -2.33. The Balaban J connectivity index is 1.54. The summed E-state index contributed by atoms with van der Waals surface area (Å²) in [5.74, 6) is 0.224. The summed E-state index contributed by atoms with van der Waals surface area (Å²) in [5.41, 5.74) is 1.94. The predicted molar refractivity (Wildman–Crippen MR) is 135 cm³/mol. The number of rotatable bonds is 8. The largest absolute Gasteiger partial charge is 0.489 e. The summed E-state index contributed by atoms with van der Waals surface area (Å²) in [6.45, 7) is 0.542. The highest BCUT2D eigenvalue weighted by Gasteiger charge is 2.31. The second kappa shape index (κ2) is 11.3. The molecule has 3 nitrogen and oxygen atoms in total. The molecule has 0 aliphatic rings. The average Bonchev–Trinajstić information content (AvgIpc) is 2.91. The Morgan fingerprint density at radius 1 is 0.778 bits per heavy atom. The summed E-state index contributed by atoms with van der Waals surface area (Å²) >= 11 is 6.50. The Kier molecular flexibility index (Phi) is 7.96. The quantitative estimate of drug-likeness (QED) is 0.227. The first-order valence-corrected chi connectivity index (χ1v) is 11.7. The van der Waals surface area contributed by atoms with Crippen LogP contribution < -0.4 is 9.64 Å². The maximum Gasteiger partial charge on any atom is 0.416 e. The van der Waals surface area contributed by atoms with Gasteiger partial charge < -0.3 is 9.64 Å². The van der Waals surface area contributed by atoms with Gasteiger partial charge in [-0.15, -0.1) is 11.6 Å². The van der Waals surface area contributed by atoms with Crippen molar-refractivity contribution < 1.29 is 22.7 Å². The minimum atomic E-state index is -4.47. The molecule has 1 atom stereocenters. The molecular weight excluding hydrogens is 487 g/mol. The number of hydrogen-bond acceptors (Lipinski definition) is 2. The molecule has 0 fully saturated rings. The van der Waals surface area contributed by atoms with Gasteiger partial charge in [0.05, 0.1) is 12.1 Å². The van der Waals surface area contributed by atoms with E-state index in [1.54, 1.807) is 36.4 Å². The van der Waals surface area contributed by atoms with Gasteiger partial charge in [-0.1, -0.05) is 72.8 Å². The number of halogens is 4. The number of carbonyl (C=O) groups is 1. The van der Waals surface area contributed by atoms with Crippen LogP contribution in [0.3, 0.4) is 0 Å². The summed E-state index contributed by atoms with van der Waals surface area (Å²) in [6.07, 6.45) is -4.47. The van der Waals surface area contributed by atoms with Crippen LogP contribution in [0.25, 0.3) is 0 Å². The minimum absolute atomic E-state index is 0.124. The van der Waals surface area contributed by atoms with Gasteiger partial charge >= 0.3 is 6.18 Å². The van der Waals surface area contributed by atoms with Crippen LogP contribution in [-0.4, -0.2) is 5.91 Å². The van der Waals surface area contributed by atoms with Crippen LogP contribution in [0.2, 0.25) is 0 Å². The van der Waals surface area contributed by atoms with Crippen molar-refractivity contribution in [2.24, 2.45) is 0 Å². The summed E-state index contributed by atoms with van der Waals surface area (Å²) in [4.78, 5) is 14.8. The molecule has 7 heteroatoms. The lowest BCUT2D eigenvalue weighted by Gasteiger charge is -2.26. The molecule has 36 heavy (non-hydrogen) atoms. The Labute approximate surface area is 212 Å². The fraction of sp³-hybridized carbons (Fsp3) is 0.138. The number of benzene rings is 4. The number of nitrogens with zero attached hydrogens (tertiary/aromatic N) is 1. The molecule has 0 spiro atoms. The normalized spacial score (nSPS) is 12.1. The zero-order chi connectivity index (χ0) is 25.5. The van der Waals surface area contributed by atoms with Crippen molar-refractivity contribution in [1.82, 2.24) is 0 Å². The molecule has 1 unspecified atom stereocenters. The van der Waals surface area contributed by atoms with Gasteiger partial charge in [0, 0.05) is 5.69 Å². The number of anilines is 1. The van der Waals surface area contributed by atoms with Gasteiger partial charge in [-0.2, -0.15) is 13.2 Å². The van der Waals surface area contributed by atoms with Gasteiger partial charge in [-0.25, -0.2) is 0 Å². The standard InChI is InChI=1S/C29H23ClF3NO2/c30-27(23-9-5-2-6-10-23)28(35)34(25-15-13-24(14-16-25)29(31,32)33)19-21-11-17-26(18-12-21)36-20-22-7-3-1-4-8-22/h1-18,27H,19-20H2. The number of hydrogen-bond donors (Lipinski definition) is 0. The fourth-order valence-corrected chi connectivity index (χ4v) is 3.91. The number of amides is 1. The van der Waals surface area contributed by atoms with Crippen LogP contribution in [-0.2, 0) is 24.1 Å². The van der Waals surface area contributed by atoms with Crippen molar-refractivity contribution in [3.8, 4) is 5.75 Å². The zero-order valence-corrected chi connectivity index (χ0v) is 19.9. The highest BCUT2D eigenvalue weighted by molar-refractivity contribution is 6.32. The molecular formula is C29H23ClF3NO2. The molecule has 0 radical (unpaired) electrons. The molecule has 4 aromatic carbocycles. The summed E-state index contributed by atoms with van der Waals surface area (Å²) < 4.78 is 45.0. The molecule has 184 valence electrons. The third-order valence-electron chi connectivity index (χ3n) is 5.59. The maximum absolute atomic E-state index is 13.4. The summed E-state index contributed by atoms with van der Waals surface area (Å²) in [6, 6.07) is 30.3. The molecule has 0 bridgehead atoms. The molecule has 1 amide bonds. The molecule has 0 aliphatic carbocycles. The van der Waals surface area contributed by atoms with Gasteiger partial charge in [0.25, 0.3) is 0 Å². The predicted octanol–water partition coefficient (Wildman–Crippen LogP) is 7.80. The zero-order valence-electron chi connectivity index (χ0n) is 19.2. The van der Waals surface area contributed by atoms with Crippen LogP contribution >= 0.6 is 11.6 Å². The molecule has 0 saturated heterocycles. The first kappa shape index (κ1) is 25.3. The van der Waals surface area contributed by atoms with Crippen LogP contribution in [0.1, 0.15) is 27.6 Å². The van der Waals surface area contributed by atoms with E-state index in [0.717, 1.165) is 23.3 Å². The molecule has 0 aliphatic heterocycles. The van der Waals surface area contributed by atoms with E-state index >= 15 is 0 Å². The second-order valence-corrected chi connectivity index (χ2v) is 8.60. The van der Waals surface area contributed by atoms with Crippen molar-refractivity contribution in [2.45, 2.75) is 24.7 Å². The van der Waals surface area contributed by atoms with E-state index in [-0.39, 0.29) is 6.54 Å². The fourth-order valence-electron chi connectivity index (χ4n) is 3.64. The molecule has 0 aromatic heterocycles. The van der Waals surface area contributed by atoms with Crippen molar-refractivity contribution >= 4 is 23.2 Å². The van der Waals surface area contributed by atoms with Crippen molar-refractivity contribution in [1.29, 1.82) is 0 Å². The third-order valence-corrected chi connectivity index (χ3v) is 6.03. The van der Waals surface area contributed by atoms with E-state index in [1.165, 1.54) is 17.0 Å². The van der Waals surface area contributed by atoms with Crippen LogP contribution in [0.5, 0.6) is 5.75 Å². The summed E-state index contributed by atoms with van der Waals surface area (Å²) in [7, 11) is 0. The number of carbonyl (C=O) groups excluding carboxylic acids is 1. The van der Waals surface area contributed by atoms with Crippen molar-refractivity contribution in [2.75, 3.05) is 4.90 Å². The van der Waals surface area contributed by atoms with Crippen molar-refractivity contribution in [3.05, 3.63) is 131 Å². The second-order valence-electron chi connectivity index (χ2n) is 8.16. The van der Waals surface area contributed by atoms with Gasteiger partial charge in [0.1, 0.15) is 17.7 Å². The topological polar surface area (TPSA) is 29.5 Å². The Morgan fingerprint density at radius 3 is 1.94 bits per heavy atom. The highest BCUT2D eigenvalue weighted by Crippen LogP contribution is 2.32. The van der Waals surface area contributed by atoms with Gasteiger partial charge in [0.2, 0.25) is 5.91 Å².